The van der Waals surface area contributed by atoms with Crippen LogP contribution in [0.1, 0.15) is 10.4 Å². The molecular formula is C19H16ClF3N5O4+. The van der Waals surface area contributed by atoms with E-state index in [-0.39, 0.29) is 29.5 Å². The van der Waals surface area contributed by atoms with Crippen molar-refractivity contribution in [3.8, 4) is 0 Å². The number of hydrogen-bond donors (Lipinski definition) is 4. The van der Waals surface area contributed by atoms with E-state index in [1.807, 2.05) is 0 Å². The zero-order chi connectivity index (χ0) is 23.5. The number of carbonyl (C=O) groups excluding carboxylic acids is 1. The zero-order valence-electron chi connectivity index (χ0n) is 16.4. The van der Waals surface area contributed by atoms with Crippen LogP contribution in [0.4, 0.5) is 36.2 Å². The number of aliphatic hydroxyl groups is 1. The third-order valence-corrected chi connectivity index (χ3v) is 5.72. The van der Waals surface area contributed by atoms with Gasteiger partial charge in [-0.3, -0.25) is 4.79 Å². The van der Waals surface area contributed by atoms with Gasteiger partial charge in [0.2, 0.25) is 11.6 Å². The first kappa shape index (κ1) is 22.0. The van der Waals surface area contributed by atoms with Crippen molar-refractivity contribution < 1.29 is 33.0 Å². The van der Waals surface area contributed by atoms with Crippen LogP contribution >= 0.6 is 11.6 Å². The van der Waals surface area contributed by atoms with E-state index < -0.39 is 62.7 Å². The molecule has 1 fully saturated rings. The minimum absolute atomic E-state index is 0.0508. The van der Waals surface area contributed by atoms with Gasteiger partial charge in [-0.05, 0) is 6.07 Å². The molecule has 3 heterocycles. The maximum atomic E-state index is 15.0. The Kier molecular flexibility index (Phi) is 5.12. The van der Waals surface area contributed by atoms with Crippen LogP contribution in [0.25, 0.3) is 0 Å². The number of nitrogen functional groups attached to an aromatic ring is 1. The van der Waals surface area contributed by atoms with Gasteiger partial charge in [-0.15, -0.1) is 4.59 Å². The standard InChI is InChI=1S/C19H15ClF3N5O4/c1-25-28(18-12(23)3-11(22)17(24)26-18)6-9(19(31)32)16(30)8-2-10(21)14(13(20)15(8)28)27-4-7(29)5-27/h2-3,6-7,25,29H,4-5H2,1H3,(H2-,24,26,31,32)/p+1. The van der Waals surface area contributed by atoms with Crippen LogP contribution in [0.2, 0.25) is 5.02 Å². The number of rotatable bonds is 4. The number of nitrogens with zero attached hydrogens (tertiary/aromatic N) is 3. The van der Waals surface area contributed by atoms with Gasteiger partial charge in [0, 0.05) is 26.2 Å². The number of pyridine rings is 1. The molecule has 32 heavy (non-hydrogen) atoms. The van der Waals surface area contributed by atoms with Crippen LogP contribution < -0.4 is 20.7 Å². The Morgan fingerprint density at radius 2 is 1.94 bits per heavy atom. The second-order valence-corrected chi connectivity index (χ2v) is 7.64. The molecule has 5 N–H and O–H groups in total. The van der Waals surface area contributed by atoms with Gasteiger partial charge in [-0.2, -0.15) is 14.8 Å². The van der Waals surface area contributed by atoms with E-state index >= 15 is 0 Å². The number of aliphatic hydroxyl groups excluding tert-OH is 1. The largest absolute Gasteiger partial charge is 0.477 e. The van der Waals surface area contributed by atoms with E-state index in [2.05, 4.69) is 10.4 Å². The predicted molar refractivity (Wildman–Crippen MR) is 109 cm³/mol. The normalized spacial score (nSPS) is 20.6. The molecule has 2 aliphatic heterocycles. The van der Waals surface area contributed by atoms with E-state index in [0.29, 0.717) is 6.07 Å². The lowest BCUT2D eigenvalue weighted by molar-refractivity contribution is -0.132. The number of benzene rings is 1. The minimum Gasteiger partial charge on any atom is -0.477 e. The highest BCUT2D eigenvalue weighted by Crippen LogP contribution is 2.50. The van der Waals surface area contributed by atoms with Crippen LogP contribution in [0.15, 0.2) is 23.9 Å². The summed E-state index contributed by atoms with van der Waals surface area (Å²) in [5.41, 5.74) is 6.46. The number of aliphatic carboxylic acids is 1. The molecule has 1 atom stereocenters. The van der Waals surface area contributed by atoms with Crippen molar-refractivity contribution in [3.63, 3.8) is 0 Å². The van der Waals surface area contributed by atoms with Gasteiger partial charge in [-0.25, -0.2) is 13.6 Å². The molecule has 0 aliphatic carbocycles. The number of carboxylic acids is 1. The molecule has 1 saturated heterocycles. The average Bonchev–Trinajstić information content (AvgIpc) is 2.70. The number of ketones is 1. The number of carboxylic acid groups (broad SMARTS) is 1. The molecule has 168 valence electrons. The number of fused-ring (bicyclic) bond motifs is 1. The second-order valence-electron chi connectivity index (χ2n) is 7.26. The Bertz CT molecular complexity index is 1220. The summed E-state index contributed by atoms with van der Waals surface area (Å²) in [6, 6.07) is 1.23. The number of quaternary nitrogens is 1. The molecule has 2 aromatic rings. The van der Waals surface area contributed by atoms with Crippen molar-refractivity contribution in [3.05, 3.63) is 51.9 Å². The first-order chi connectivity index (χ1) is 15.0. The molecule has 1 aromatic carbocycles. The van der Waals surface area contributed by atoms with Crippen molar-refractivity contribution in [2.45, 2.75) is 6.10 Å². The van der Waals surface area contributed by atoms with E-state index in [1.54, 1.807) is 0 Å². The third-order valence-electron chi connectivity index (χ3n) is 5.37. The van der Waals surface area contributed by atoms with Crippen molar-refractivity contribution in [2.24, 2.45) is 0 Å². The topological polar surface area (TPSA) is 129 Å². The molecule has 0 bridgehead atoms. The molecule has 2 aliphatic rings. The molecule has 1 aromatic heterocycles. The average molecular weight is 471 g/mol. The molecular weight excluding hydrogens is 455 g/mol. The first-order valence-corrected chi connectivity index (χ1v) is 9.55. The molecule has 0 saturated carbocycles. The number of nitrogens with two attached hydrogens (primary N) is 1. The monoisotopic (exact) mass is 470 g/mol. The number of β-amino-alcohol motifs (C(OH)–C–C–N with tert-alkyl or cyclic N) is 1. The van der Waals surface area contributed by atoms with Crippen molar-refractivity contribution >= 4 is 46.4 Å². The molecule has 0 spiro atoms. The maximum absolute atomic E-state index is 15.0. The molecule has 0 amide bonds. The number of halogens is 4. The summed E-state index contributed by atoms with van der Waals surface area (Å²) in [5.74, 6) is -7.38. The molecule has 1 unspecified atom stereocenters. The number of hydrogen-bond acceptors (Lipinski definition) is 7. The van der Waals surface area contributed by atoms with Crippen molar-refractivity contribution in [2.75, 3.05) is 30.8 Å². The highest BCUT2D eigenvalue weighted by atomic mass is 35.5. The second kappa shape index (κ2) is 7.45. The van der Waals surface area contributed by atoms with Crippen molar-refractivity contribution in [1.29, 1.82) is 0 Å². The predicted octanol–water partition coefficient (Wildman–Crippen LogP) is 1.85. The Hall–Kier alpha value is -3.19. The first-order valence-electron chi connectivity index (χ1n) is 9.18. The van der Waals surface area contributed by atoms with E-state index in [0.717, 1.165) is 12.3 Å². The maximum Gasteiger partial charge on any atom is 0.345 e. The summed E-state index contributed by atoms with van der Waals surface area (Å²) in [4.78, 5) is 29.7. The number of carbonyl (C=O) groups is 2. The van der Waals surface area contributed by atoms with Crippen LogP contribution in [0.3, 0.4) is 0 Å². The molecule has 0 radical (unpaired) electrons. The Morgan fingerprint density at radius 1 is 1.28 bits per heavy atom. The SMILES string of the molecule is CN[N+]1(c2nc(N)c(F)cc2F)C=C(C(=O)O)C(=O)c2cc(F)c(N3CC(O)C3)c(Cl)c21. The third kappa shape index (κ3) is 3.03. The van der Waals surface area contributed by atoms with Gasteiger partial charge < -0.3 is 20.8 Å². The number of anilines is 2. The van der Waals surface area contributed by atoms with Gasteiger partial charge >= 0.3 is 5.97 Å². The van der Waals surface area contributed by atoms with E-state index in [9.17, 15) is 33.0 Å². The zero-order valence-corrected chi connectivity index (χ0v) is 17.1. The fraction of sp³-hybridized carbons (Fsp3) is 0.211. The van der Waals surface area contributed by atoms with Crippen LogP contribution in [-0.2, 0) is 4.79 Å². The minimum atomic E-state index is -1.67. The lowest BCUT2D eigenvalue weighted by atomic mass is 9.95. The summed E-state index contributed by atoms with van der Waals surface area (Å²) in [6.07, 6.45) is 0.107. The fourth-order valence-corrected chi connectivity index (χ4v) is 4.27. The fourth-order valence-electron chi connectivity index (χ4n) is 3.83. The smallest absolute Gasteiger partial charge is 0.345 e. The highest BCUT2D eigenvalue weighted by molar-refractivity contribution is 6.38. The van der Waals surface area contributed by atoms with Gasteiger partial charge in [-0.1, -0.05) is 11.6 Å². The Morgan fingerprint density at radius 3 is 2.50 bits per heavy atom. The van der Waals surface area contributed by atoms with Gasteiger partial charge in [0.25, 0.3) is 5.82 Å². The Labute approximate surface area is 183 Å². The number of Topliss-reactive ketones (excluding diaryl/α,β-unsaturated/α-hetero) is 1. The van der Waals surface area contributed by atoms with Gasteiger partial charge in [0.05, 0.1) is 17.4 Å². The summed E-state index contributed by atoms with van der Waals surface area (Å²) in [6.45, 7) is 0.102. The van der Waals surface area contributed by atoms with Crippen LogP contribution in [0.5, 0.6) is 0 Å². The van der Waals surface area contributed by atoms with Crippen molar-refractivity contribution in [1.82, 2.24) is 15.0 Å². The van der Waals surface area contributed by atoms with E-state index in [1.165, 1.54) is 11.9 Å². The highest BCUT2D eigenvalue weighted by Gasteiger charge is 2.50. The van der Waals surface area contributed by atoms with E-state index in [4.69, 9.17) is 17.3 Å². The lowest BCUT2D eigenvalue weighted by Gasteiger charge is -2.41. The lowest BCUT2D eigenvalue weighted by Crippen LogP contribution is -2.55. The van der Waals surface area contributed by atoms with Crippen LogP contribution in [0, 0.1) is 17.5 Å². The summed E-state index contributed by atoms with van der Waals surface area (Å²) < 4.78 is 42.6. The summed E-state index contributed by atoms with van der Waals surface area (Å²) in [7, 11) is 1.28. The number of aromatic nitrogens is 1. The molecule has 9 nitrogen and oxygen atoms in total. The Balaban J connectivity index is 2.11. The van der Waals surface area contributed by atoms with Crippen LogP contribution in [-0.4, -0.2) is 53.2 Å². The molecule has 13 heteroatoms. The quantitative estimate of drug-likeness (QED) is 0.394. The van der Waals surface area contributed by atoms with Gasteiger partial charge in [0.1, 0.15) is 17.0 Å². The summed E-state index contributed by atoms with van der Waals surface area (Å²) >= 11 is 6.51. The van der Waals surface area contributed by atoms with Gasteiger partial charge in [0.15, 0.2) is 22.9 Å². The number of nitrogens with one attached hydrogen (secondary N) is 1. The summed E-state index contributed by atoms with van der Waals surface area (Å²) in [5, 5.41) is 18.8. The molecule has 4 rings (SSSR count).